The number of thiophene rings is 1. The van der Waals surface area contributed by atoms with Gasteiger partial charge in [0.2, 0.25) is 0 Å². The Morgan fingerprint density at radius 1 is 1.06 bits per heavy atom. The van der Waals surface area contributed by atoms with E-state index in [1.54, 1.807) is 0 Å². The molecule has 2 aromatic carbocycles. The summed E-state index contributed by atoms with van der Waals surface area (Å²) >= 11 is 4.75. The van der Waals surface area contributed by atoms with Gasteiger partial charge < -0.3 is 19.5 Å². The molecule has 0 unspecified atom stereocenters. The molecule has 0 aliphatic rings. The Labute approximate surface area is 206 Å². The Hall–Kier alpha value is -2.84. The zero-order valence-corrected chi connectivity index (χ0v) is 21.2. The highest BCUT2D eigenvalue weighted by Gasteiger charge is 2.22. The van der Waals surface area contributed by atoms with Crippen LogP contribution >= 0.6 is 27.3 Å². The molecule has 8 heteroatoms. The van der Waals surface area contributed by atoms with Gasteiger partial charge in [-0.05, 0) is 64.7 Å². The minimum absolute atomic E-state index is 0.192. The summed E-state index contributed by atoms with van der Waals surface area (Å²) in [4.78, 5) is 25.1. The number of carbonyl (C=O) groups excluding carboxylic acids is 2. The minimum atomic E-state index is -0.523. The average Bonchev–Trinajstić information content (AvgIpc) is 3.22. The minimum Gasteiger partial charge on any atom is -0.494 e. The van der Waals surface area contributed by atoms with Crippen molar-refractivity contribution in [1.82, 2.24) is 0 Å². The molecule has 174 valence electrons. The summed E-state index contributed by atoms with van der Waals surface area (Å²) in [5.74, 6) is 0.436. The monoisotopic (exact) mass is 531 g/mol. The summed E-state index contributed by atoms with van der Waals surface area (Å²) in [6.07, 6.45) is 2.03. The number of hydrogen-bond donors (Lipinski definition) is 1. The van der Waals surface area contributed by atoms with Crippen molar-refractivity contribution in [3.05, 3.63) is 63.4 Å². The van der Waals surface area contributed by atoms with E-state index < -0.39 is 5.97 Å². The first-order chi connectivity index (χ1) is 16.0. The lowest BCUT2D eigenvalue weighted by Gasteiger charge is -2.11. The van der Waals surface area contributed by atoms with Gasteiger partial charge in [0.1, 0.15) is 22.1 Å². The largest absolute Gasteiger partial charge is 0.494 e. The standard InChI is InChI=1S/C25H26BrNO5S/c1-4-6-16-7-12-21(20(26)13-16)32-14-22(28)27-24-23(25(29)30-3)19(15-33-24)17-8-10-18(11-9-17)31-5-2/h7-13,15H,4-6,14H2,1-3H3,(H,27,28). The number of ether oxygens (including phenoxy) is 3. The predicted molar refractivity (Wildman–Crippen MR) is 135 cm³/mol. The van der Waals surface area contributed by atoms with Crippen molar-refractivity contribution in [2.24, 2.45) is 0 Å². The highest BCUT2D eigenvalue weighted by Crippen LogP contribution is 2.37. The molecule has 1 N–H and O–H groups in total. The van der Waals surface area contributed by atoms with E-state index in [9.17, 15) is 9.59 Å². The molecule has 33 heavy (non-hydrogen) atoms. The first kappa shape index (κ1) is 24.8. The maximum atomic E-state index is 12.6. The van der Waals surface area contributed by atoms with Crippen LogP contribution < -0.4 is 14.8 Å². The van der Waals surface area contributed by atoms with Crippen LogP contribution in [-0.4, -0.2) is 32.2 Å². The molecule has 0 aliphatic carbocycles. The van der Waals surface area contributed by atoms with Crippen molar-refractivity contribution in [3.63, 3.8) is 0 Å². The van der Waals surface area contributed by atoms with E-state index in [-0.39, 0.29) is 12.5 Å². The maximum absolute atomic E-state index is 12.6. The third kappa shape index (κ3) is 6.36. The van der Waals surface area contributed by atoms with Gasteiger partial charge in [0.05, 0.1) is 18.2 Å². The van der Waals surface area contributed by atoms with Crippen LogP contribution in [0.2, 0.25) is 0 Å². The molecule has 1 amide bonds. The zero-order chi connectivity index (χ0) is 23.8. The molecule has 0 aliphatic heterocycles. The SMILES string of the molecule is CCCc1ccc(OCC(=O)Nc2scc(-c3ccc(OCC)cc3)c2C(=O)OC)c(Br)c1. The molecule has 0 saturated heterocycles. The Balaban J connectivity index is 1.73. The van der Waals surface area contributed by atoms with Crippen LogP contribution in [-0.2, 0) is 16.0 Å². The van der Waals surface area contributed by atoms with Crippen LogP contribution in [0.25, 0.3) is 11.1 Å². The lowest BCUT2D eigenvalue weighted by molar-refractivity contribution is -0.118. The van der Waals surface area contributed by atoms with Gasteiger partial charge in [-0.25, -0.2) is 4.79 Å². The summed E-state index contributed by atoms with van der Waals surface area (Å²) in [6.45, 7) is 4.42. The number of methoxy groups -OCH3 is 1. The van der Waals surface area contributed by atoms with E-state index in [0.717, 1.165) is 28.6 Å². The molecular weight excluding hydrogens is 506 g/mol. The van der Waals surface area contributed by atoms with Crippen molar-refractivity contribution >= 4 is 44.1 Å². The first-order valence-corrected chi connectivity index (χ1v) is 12.3. The molecule has 0 atom stereocenters. The molecule has 0 spiro atoms. The van der Waals surface area contributed by atoms with E-state index in [0.29, 0.717) is 28.5 Å². The Bertz CT molecular complexity index is 1110. The van der Waals surface area contributed by atoms with Gasteiger partial charge in [-0.2, -0.15) is 0 Å². The third-order valence-corrected chi connectivity index (χ3v) is 6.32. The molecule has 0 saturated carbocycles. The topological polar surface area (TPSA) is 73.9 Å². The summed E-state index contributed by atoms with van der Waals surface area (Å²) in [7, 11) is 1.32. The van der Waals surface area contributed by atoms with Gasteiger partial charge in [0.25, 0.3) is 5.91 Å². The molecule has 1 heterocycles. The van der Waals surface area contributed by atoms with E-state index in [1.165, 1.54) is 24.0 Å². The van der Waals surface area contributed by atoms with Crippen molar-refractivity contribution in [3.8, 4) is 22.6 Å². The number of esters is 1. The Morgan fingerprint density at radius 3 is 2.45 bits per heavy atom. The quantitative estimate of drug-likeness (QED) is 0.309. The lowest BCUT2D eigenvalue weighted by Crippen LogP contribution is -2.21. The second-order valence-electron chi connectivity index (χ2n) is 7.15. The summed E-state index contributed by atoms with van der Waals surface area (Å²) in [6, 6.07) is 13.2. The van der Waals surface area contributed by atoms with Crippen LogP contribution in [0.3, 0.4) is 0 Å². The molecule has 0 bridgehead atoms. The van der Waals surface area contributed by atoms with Gasteiger partial charge in [0.15, 0.2) is 6.61 Å². The molecule has 3 aromatic rings. The Morgan fingerprint density at radius 2 is 1.82 bits per heavy atom. The van der Waals surface area contributed by atoms with Crippen molar-refractivity contribution in [2.45, 2.75) is 26.7 Å². The summed E-state index contributed by atoms with van der Waals surface area (Å²) in [5, 5.41) is 5.02. The number of carbonyl (C=O) groups is 2. The lowest BCUT2D eigenvalue weighted by atomic mass is 10.0. The maximum Gasteiger partial charge on any atom is 0.341 e. The normalized spacial score (nSPS) is 10.5. The van der Waals surface area contributed by atoms with Gasteiger partial charge in [-0.3, -0.25) is 4.79 Å². The molecule has 0 fully saturated rings. The second-order valence-corrected chi connectivity index (χ2v) is 8.89. The second kappa shape index (κ2) is 11.9. The van der Waals surface area contributed by atoms with Crippen molar-refractivity contribution in [2.75, 3.05) is 25.6 Å². The number of rotatable bonds is 10. The summed E-state index contributed by atoms with van der Waals surface area (Å²) < 4.78 is 16.9. The predicted octanol–water partition coefficient (Wildman–Crippen LogP) is 6.33. The van der Waals surface area contributed by atoms with Crippen LogP contribution in [0, 0.1) is 0 Å². The van der Waals surface area contributed by atoms with E-state index in [4.69, 9.17) is 14.2 Å². The van der Waals surface area contributed by atoms with Crippen LogP contribution in [0.4, 0.5) is 5.00 Å². The van der Waals surface area contributed by atoms with Crippen molar-refractivity contribution in [1.29, 1.82) is 0 Å². The average molecular weight is 532 g/mol. The number of anilines is 1. The van der Waals surface area contributed by atoms with Crippen molar-refractivity contribution < 1.29 is 23.8 Å². The highest BCUT2D eigenvalue weighted by molar-refractivity contribution is 9.10. The number of benzene rings is 2. The fraction of sp³-hybridized carbons (Fsp3) is 0.280. The third-order valence-electron chi connectivity index (χ3n) is 4.80. The fourth-order valence-corrected chi connectivity index (χ4v) is 4.79. The van der Waals surface area contributed by atoms with Gasteiger partial charge >= 0.3 is 5.97 Å². The number of halogens is 1. The molecule has 6 nitrogen and oxygen atoms in total. The van der Waals surface area contributed by atoms with Gasteiger partial charge in [-0.15, -0.1) is 11.3 Å². The number of amides is 1. The summed E-state index contributed by atoms with van der Waals surface area (Å²) in [5.41, 5.74) is 3.01. The van der Waals surface area contributed by atoms with Crippen LogP contribution in [0.15, 0.2) is 52.3 Å². The fourth-order valence-electron chi connectivity index (χ4n) is 3.28. The Kier molecular flexibility index (Phi) is 8.91. The first-order valence-electron chi connectivity index (χ1n) is 10.6. The van der Waals surface area contributed by atoms with Gasteiger partial charge in [0, 0.05) is 10.9 Å². The number of aryl methyl sites for hydroxylation is 1. The molecular formula is C25H26BrNO5S. The van der Waals surface area contributed by atoms with E-state index in [1.807, 2.05) is 54.8 Å². The zero-order valence-electron chi connectivity index (χ0n) is 18.8. The van der Waals surface area contributed by atoms with Crippen LogP contribution in [0.5, 0.6) is 11.5 Å². The number of nitrogens with one attached hydrogen (secondary N) is 1. The van der Waals surface area contributed by atoms with Crippen LogP contribution in [0.1, 0.15) is 36.2 Å². The van der Waals surface area contributed by atoms with E-state index in [2.05, 4.69) is 28.2 Å². The number of hydrogen-bond acceptors (Lipinski definition) is 6. The molecule has 3 rings (SSSR count). The van der Waals surface area contributed by atoms with Gasteiger partial charge in [-0.1, -0.05) is 31.5 Å². The highest BCUT2D eigenvalue weighted by atomic mass is 79.9. The smallest absolute Gasteiger partial charge is 0.341 e. The van der Waals surface area contributed by atoms with E-state index >= 15 is 0 Å². The molecule has 0 radical (unpaired) electrons. The molecule has 1 aromatic heterocycles.